The molecule has 0 radical (unpaired) electrons. The summed E-state index contributed by atoms with van der Waals surface area (Å²) in [6.07, 6.45) is 12.7. The number of nitrogens with one attached hydrogen (secondary N) is 1. The number of hydrogen-bond donors (Lipinski definition) is 1. The van der Waals surface area contributed by atoms with E-state index in [1.54, 1.807) is 0 Å². The van der Waals surface area contributed by atoms with E-state index in [2.05, 4.69) is 11.9 Å². The maximum absolute atomic E-state index is 13.1. The van der Waals surface area contributed by atoms with Gasteiger partial charge in [0.2, 0.25) is 0 Å². The molecule has 4 nitrogen and oxygen atoms in total. The first-order chi connectivity index (χ1) is 11.0. The fourth-order valence-corrected chi connectivity index (χ4v) is 3.61. The number of carbonyl (C=O) groups excluding carboxylic acids is 1. The van der Waals surface area contributed by atoms with Gasteiger partial charge in [-0.25, -0.2) is 4.99 Å². The summed E-state index contributed by atoms with van der Waals surface area (Å²) in [5, 5.41) is 8.12. The Morgan fingerprint density at radius 2 is 2.17 bits per heavy atom. The lowest BCUT2D eigenvalue weighted by atomic mass is 9.66. The van der Waals surface area contributed by atoms with Crippen molar-refractivity contribution in [1.29, 1.82) is 5.41 Å². The van der Waals surface area contributed by atoms with Gasteiger partial charge in [0.25, 0.3) is 5.91 Å². The van der Waals surface area contributed by atoms with E-state index in [0.717, 1.165) is 11.1 Å². The second-order valence-electron chi connectivity index (χ2n) is 6.55. The number of fused-ring (bicyclic) bond motifs is 1. The Kier molecular flexibility index (Phi) is 2.92. The van der Waals surface area contributed by atoms with E-state index in [0.29, 0.717) is 35.8 Å². The average molecular weight is 306 g/mol. The highest BCUT2D eigenvalue weighted by molar-refractivity contribution is 6.16. The molecule has 2 atom stereocenters. The van der Waals surface area contributed by atoms with Crippen LogP contribution >= 0.6 is 0 Å². The van der Waals surface area contributed by atoms with E-state index >= 15 is 0 Å². The predicted octanol–water partition coefficient (Wildman–Crippen LogP) is 3.64. The minimum absolute atomic E-state index is 0.232. The highest BCUT2D eigenvalue weighted by Crippen LogP contribution is 2.50. The van der Waals surface area contributed by atoms with Gasteiger partial charge in [-0.15, -0.1) is 0 Å². The first-order valence-electron chi connectivity index (χ1n) is 7.88. The van der Waals surface area contributed by atoms with Crippen molar-refractivity contribution in [1.82, 2.24) is 0 Å². The smallest absolute Gasteiger partial charge is 0.265 e. The second kappa shape index (κ2) is 4.75. The molecule has 1 heterocycles. The SMILES string of the molecule is CC1=C2OC3=CC(C)C=CC3=NC(=O)C23CC(=N)CC=C3C=C1. The topological polar surface area (TPSA) is 62.5 Å². The summed E-state index contributed by atoms with van der Waals surface area (Å²) in [6, 6.07) is 0. The average Bonchev–Trinajstić information content (AvgIpc) is 2.63. The maximum atomic E-state index is 13.1. The molecule has 4 rings (SSSR count). The van der Waals surface area contributed by atoms with Crippen LogP contribution in [0.4, 0.5) is 0 Å². The summed E-state index contributed by atoms with van der Waals surface area (Å²) in [6.45, 7) is 4.01. The van der Waals surface area contributed by atoms with Crippen molar-refractivity contribution < 1.29 is 9.53 Å². The third-order valence-corrected chi connectivity index (χ3v) is 4.82. The number of rotatable bonds is 0. The van der Waals surface area contributed by atoms with Crippen LogP contribution in [0.5, 0.6) is 0 Å². The molecule has 4 aliphatic rings. The summed E-state index contributed by atoms with van der Waals surface area (Å²) in [5.74, 6) is 1.29. The standard InChI is InChI=1S/C19H18N2O2/c1-11-3-8-15-16(9-11)23-17-12(2)4-5-13-6-7-14(20)10-19(13,17)18(22)21-15/h3-6,8-9,11,20H,7,10H2,1-2H3. The monoisotopic (exact) mass is 306 g/mol. The number of amides is 1. The van der Waals surface area contributed by atoms with E-state index in [4.69, 9.17) is 10.1 Å². The highest BCUT2D eigenvalue weighted by atomic mass is 16.5. The van der Waals surface area contributed by atoms with E-state index < -0.39 is 5.41 Å². The number of ether oxygens (including phenoxy) is 1. The summed E-state index contributed by atoms with van der Waals surface area (Å²) in [4.78, 5) is 17.5. The van der Waals surface area contributed by atoms with Crippen LogP contribution in [-0.2, 0) is 9.53 Å². The fraction of sp³-hybridized carbons (Fsp3) is 0.316. The Labute approximate surface area is 135 Å². The molecule has 0 fully saturated rings. The van der Waals surface area contributed by atoms with Crippen molar-refractivity contribution in [3.05, 3.63) is 59.1 Å². The van der Waals surface area contributed by atoms with Crippen LogP contribution in [0.2, 0.25) is 0 Å². The quantitative estimate of drug-likeness (QED) is 0.742. The molecule has 0 saturated carbocycles. The molecule has 116 valence electrons. The van der Waals surface area contributed by atoms with E-state index in [-0.39, 0.29) is 11.8 Å². The third kappa shape index (κ3) is 1.94. The van der Waals surface area contributed by atoms with Crippen molar-refractivity contribution in [2.45, 2.75) is 26.7 Å². The summed E-state index contributed by atoms with van der Waals surface area (Å²) >= 11 is 0. The van der Waals surface area contributed by atoms with Crippen LogP contribution in [0.15, 0.2) is 64.1 Å². The Bertz CT molecular complexity index is 820. The predicted molar refractivity (Wildman–Crippen MR) is 89.2 cm³/mol. The number of hydrogen-bond acceptors (Lipinski definition) is 3. The zero-order valence-corrected chi connectivity index (χ0v) is 13.2. The van der Waals surface area contributed by atoms with Gasteiger partial charge in [-0.1, -0.05) is 31.2 Å². The zero-order valence-electron chi connectivity index (χ0n) is 13.2. The molecule has 23 heavy (non-hydrogen) atoms. The van der Waals surface area contributed by atoms with E-state index in [9.17, 15) is 4.79 Å². The van der Waals surface area contributed by atoms with Crippen LogP contribution < -0.4 is 0 Å². The molecule has 1 amide bonds. The summed E-state index contributed by atoms with van der Waals surface area (Å²) < 4.78 is 6.23. The fourth-order valence-electron chi connectivity index (χ4n) is 3.61. The van der Waals surface area contributed by atoms with E-state index in [1.807, 2.05) is 43.4 Å². The molecular weight excluding hydrogens is 288 g/mol. The van der Waals surface area contributed by atoms with E-state index in [1.165, 1.54) is 0 Å². The minimum atomic E-state index is -0.962. The van der Waals surface area contributed by atoms with Gasteiger partial charge in [-0.05, 0) is 36.1 Å². The lowest BCUT2D eigenvalue weighted by molar-refractivity contribution is -0.124. The van der Waals surface area contributed by atoms with Gasteiger partial charge in [0.1, 0.15) is 22.6 Å². The largest absolute Gasteiger partial charge is 0.458 e. The molecule has 2 unspecified atom stereocenters. The Balaban J connectivity index is 1.96. The second-order valence-corrected chi connectivity index (χ2v) is 6.55. The molecule has 0 bridgehead atoms. The van der Waals surface area contributed by atoms with Crippen LogP contribution in [0.1, 0.15) is 26.7 Å². The van der Waals surface area contributed by atoms with Gasteiger partial charge in [-0.2, -0.15) is 0 Å². The molecule has 1 spiro atoms. The molecule has 0 aromatic carbocycles. The van der Waals surface area contributed by atoms with Gasteiger partial charge in [0.15, 0.2) is 0 Å². The maximum Gasteiger partial charge on any atom is 0.265 e. The number of nitrogens with zero attached hydrogens (tertiary/aromatic N) is 1. The van der Waals surface area contributed by atoms with Crippen molar-refractivity contribution >= 4 is 17.3 Å². The lowest BCUT2D eigenvalue weighted by Crippen LogP contribution is -2.40. The zero-order chi connectivity index (χ0) is 16.2. The van der Waals surface area contributed by atoms with Crippen LogP contribution in [-0.4, -0.2) is 17.3 Å². The highest BCUT2D eigenvalue weighted by Gasteiger charge is 2.52. The van der Waals surface area contributed by atoms with Crippen molar-refractivity contribution in [3.8, 4) is 0 Å². The molecule has 0 aromatic rings. The number of allylic oxidation sites excluding steroid dienone is 7. The third-order valence-electron chi connectivity index (χ3n) is 4.82. The Morgan fingerprint density at radius 1 is 1.35 bits per heavy atom. The van der Waals surface area contributed by atoms with Crippen LogP contribution in [0.3, 0.4) is 0 Å². The van der Waals surface area contributed by atoms with Crippen molar-refractivity contribution in [3.63, 3.8) is 0 Å². The van der Waals surface area contributed by atoms with Gasteiger partial charge in [-0.3, -0.25) is 4.79 Å². The van der Waals surface area contributed by atoms with Crippen molar-refractivity contribution in [2.24, 2.45) is 16.3 Å². The normalized spacial score (nSPS) is 32.1. The summed E-state index contributed by atoms with van der Waals surface area (Å²) in [7, 11) is 0. The van der Waals surface area contributed by atoms with Gasteiger partial charge in [0.05, 0.1) is 0 Å². The van der Waals surface area contributed by atoms with Gasteiger partial charge in [0, 0.05) is 18.6 Å². The molecule has 0 aromatic heterocycles. The molecular formula is C19H18N2O2. The summed E-state index contributed by atoms with van der Waals surface area (Å²) in [5.41, 5.74) is 1.98. The van der Waals surface area contributed by atoms with Gasteiger partial charge < -0.3 is 10.1 Å². The first-order valence-corrected chi connectivity index (χ1v) is 7.88. The van der Waals surface area contributed by atoms with Crippen LogP contribution in [0, 0.1) is 16.7 Å². The van der Waals surface area contributed by atoms with Gasteiger partial charge >= 0.3 is 0 Å². The molecule has 3 aliphatic carbocycles. The molecule has 4 heteroatoms. The molecule has 1 N–H and O–H groups in total. The number of carbonyl (C=O) groups is 1. The van der Waals surface area contributed by atoms with Crippen LogP contribution in [0.25, 0.3) is 0 Å². The molecule has 1 aliphatic heterocycles. The Morgan fingerprint density at radius 3 is 3.00 bits per heavy atom. The number of aliphatic imine (C=N–C) groups is 1. The minimum Gasteiger partial charge on any atom is -0.458 e. The Hall–Kier alpha value is -2.49. The van der Waals surface area contributed by atoms with Crippen molar-refractivity contribution in [2.75, 3.05) is 0 Å². The molecule has 0 saturated heterocycles. The lowest BCUT2D eigenvalue weighted by Gasteiger charge is -2.38. The first kappa shape index (κ1) is 14.1.